The number of hydrogen-bond acceptors (Lipinski definition) is 3. The Morgan fingerprint density at radius 3 is 2.00 bits per heavy atom. The zero-order valence-electron chi connectivity index (χ0n) is 13.0. The van der Waals surface area contributed by atoms with E-state index in [0.717, 1.165) is 41.4 Å². The van der Waals surface area contributed by atoms with E-state index in [2.05, 4.69) is 58.4 Å². The van der Waals surface area contributed by atoms with Gasteiger partial charge < -0.3 is 4.90 Å². The van der Waals surface area contributed by atoms with Crippen LogP contribution in [-0.4, -0.2) is 23.1 Å². The molecule has 0 aliphatic carbocycles. The molecule has 0 bridgehead atoms. The Kier molecular flexibility index (Phi) is 3.76. The van der Waals surface area contributed by atoms with Crippen LogP contribution in [0.3, 0.4) is 0 Å². The van der Waals surface area contributed by atoms with Crippen LogP contribution in [0, 0.1) is 0 Å². The zero-order chi connectivity index (χ0) is 15.5. The molecular weight excluding hydrogens is 282 g/mol. The van der Waals surface area contributed by atoms with Crippen molar-refractivity contribution in [3.8, 4) is 22.4 Å². The number of aromatic nitrogens is 2. The first-order chi connectivity index (χ1) is 11.4. The van der Waals surface area contributed by atoms with Crippen molar-refractivity contribution in [2.75, 3.05) is 18.0 Å². The summed E-state index contributed by atoms with van der Waals surface area (Å²) < 4.78 is 0. The van der Waals surface area contributed by atoms with E-state index in [1.54, 1.807) is 0 Å². The minimum Gasteiger partial charge on any atom is -0.341 e. The molecule has 1 saturated heterocycles. The van der Waals surface area contributed by atoms with E-state index >= 15 is 0 Å². The van der Waals surface area contributed by atoms with Gasteiger partial charge in [-0.25, -0.2) is 9.97 Å². The lowest BCUT2D eigenvalue weighted by Crippen LogP contribution is -2.20. The second-order valence-corrected chi connectivity index (χ2v) is 5.86. The molecule has 2 aromatic carbocycles. The van der Waals surface area contributed by atoms with Crippen molar-refractivity contribution < 1.29 is 0 Å². The van der Waals surface area contributed by atoms with Crippen LogP contribution in [-0.2, 0) is 0 Å². The van der Waals surface area contributed by atoms with E-state index in [1.165, 1.54) is 12.8 Å². The topological polar surface area (TPSA) is 29.0 Å². The summed E-state index contributed by atoms with van der Waals surface area (Å²) in [7, 11) is 0. The first-order valence-corrected chi connectivity index (χ1v) is 8.15. The standard InChI is InChI=1S/C20H19N3/c1-3-9-16(10-4-1)18-15-21-20(23-13-7-8-14-23)22-19(18)17-11-5-2-6-12-17/h1-6,9-12,15H,7-8,13-14H2. The molecule has 1 aliphatic rings. The van der Waals surface area contributed by atoms with Crippen molar-refractivity contribution in [1.29, 1.82) is 0 Å². The highest BCUT2D eigenvalue weighted by Crippen LogP contribution is 2.31. The summed E-state index contributed by atoms with van der Waals surface area (Å²) in [5.41, 5.74) is 4.38. The second kappa shape index (κ2) is 6.21. The smallest absolute Gasteiger partial charge is 0.225 e. The van der Waals surface area contributed by atoms with Crippen LogP contribution in [0.4, 0.5) is 5.95 Å². The van der Waals surface area contributed by atoms with Crippen LogP contribution in [0.2, 0.25) is 0 Å². The summed E-state index contributed by atoms with van der Waals surface area (Å²) in [5, 5.41) is 0. The molecule has 0 radical (unpaired) electrons. The van der Waals surface area contributed by atoms with Crippen LogP contribution >= 0.6 is 0 Å². The van der Waals surface area contributed by atoms with Gasteiger partial charge in [-0.2, -0.15) is 0 Å². The number of benzene rings is 2. The zero-order valence-corrected chi connectivity index (χ0v) is 13.0. The average molecular weight is 301 g/mol. The fourth-order valence-electron chi connectivity index (χ4n) is 3.09. The Morgan fingerprint density at radius 1 is 0.739 bits per heavy atom. The summed E-state index contributed by atoms with van der Waals surface area (Å²) in [6.45, 7) is 2.11. The van der Waals surface area contributed by atoms with Gasteiger partial charge in [0.25, 0.3) is 0 Å². The van der Waals surface area contributed by atoms with E-state index in [9.17, 15) is 0 Å². The number of hydrogen-bond donors (Lipinski definition) is 0. The second-order valence-electron chi connectivity index (χ2n) is 5.86. The highest BCUT2D eigenvalue weighted by atomic mass is 15.3. The Morgan fingerprint density at radius 2 is 1.35 bits per heavy atom. The Hall–Kier alpha value is -2.68. The molecule has 3 nitrogen and oxygen atoms in total. The third kappa shape index (κ3) is 2.82. The predicted molar refractivity (Wildman–Crippen MR) is 94.4 cm³/mol. The van der Waals surface area contributed by atoms with Crippen molar-refractivity contribution in [3.63, 3.8) is 0 Å². The van der Waals surface area contributed by atoms with Crippen LogP contribution in [0.1, 0.15) is 12.8 Å². The molecule has 0 unspecified atom stereocenters. The highest BCUT2D eigenvalue weighted by Gasteiger charge is 2.18. The lowest BCUT2D eigenvalue weighted by molar-refractivity contribution is 0.901. The van der Waals surface area contributed by atoms with Gasteiger partial charge in [0.1, 0.15) is 0 Å². The van der Waals surface area contributed by atoms with Crippen molar-refractivity contribution in [2.24, 2.45) is 0 Å². The first kappa shape index (κ1) is 13.9. The fraction of sp³-hybridized carbons (Fsp3) is 0.200. The molecule has 0 N–H and O–H groups in total. The van der Waals surface area contributed by atoms with Gasteiger partial charge in [0.2, 0.25) is 5.95 Å². The number of rotatable bonds is 3. The molecule has 114 valence electrons. The fourth-order valence-corrected chi connectivity index (χ4v) is 3.09. The van der Waals surface area contributed by atoms with Gasteiger partial charge in [0.05, 0.1) is 5.69 Å². The van der Waals surface area contributed by atoms with Crippen molar-refractivity contribution in [2.45, 2.75) is 12.8 Å². The van der Waals surface area contributed by atoms with Crippen LogP contribution in [0.15, 0.2) is 66.9 Å². The predicted octanol–water partition coefficient (Wildman–Crippen LogP) is 4.41. The maximum absolute atomic E-state index is 4.92. The summed E-state index contributed by atoms with van der Waals surface area (Å²) in [5.74, 6) is 0.848. The number of nitrogens with zero attached hydrogens (tertiary/aromatic N) is 3. The molecule has 1 fully saturated rings. The largest absolute Gasteiger partial charge is 0.341 e. The average Bonchev–Trinajstić information content (AvgIpc) is 3.17. The molecular formula is C20H19N3. The molecule has 1 aromatic heterocycles. The molecule has 1 aliphatic heterocycles. The molecule has 0 saturated carbocycles. The minimum absolute atomic E-state index is 0.848. The lowest BCUT2D eigenvalue weighted by atomic mass is 10.0. The van der Waals surface area contributed by atoms with E-state index in [-0.39, 0.29) is 0 Å². The minimum atomic E-state index is 0.848. The van der Waals surface area contributed by atoms with Gasteiger partial charge in [-0.1, -0.05) is 60.7 Å². The molecule has 4 rings (SSSR count). The summed E-state index contributed by atoms with van der Waals surface area (Å²) in [4.78, 5) is 11.8. The van der Waals surface area contributed by atoms with Crippen LogP contribution in [0.25, 0.3) is 22.4 Å². The Bertz CT molecular complexity index is 778. The molecule has 3 aromatic rings. The van der Waals surface area contributed by atoms with Crippen LogP contribution < -0.4 is 4.90 Å². The molecule has 0 spiro atoms. The van der Waals surface area contributed by atoms with Crippen LogP contribution in [0.5, 0.6) is 0 Å². The van der Waals surface area contributed by atoms with Crippen molar-refractivity contribution >= 4 is 5.95 Å². The molecule has 0 atom stereocenters. The molecule has 3 heteroatoms. The molecule has 23 heavy (non-hydrogen) atoms. The maximum atomic E-state index is 4.92. The Labute approximate surface area is 136 Å². The maximum Gasteiger partial charge on any atom is 0.225 e. The molecule has 0 amide bonds. The van der Waals surface area contributed by atoms with E-state index < -0.39 is 0 Å². The third-order valence-corrected chi connectivity index (χ3v) is 4.30. The van der Waals surface area contributed by atoms with Gasteiger partial charge >= 0.3 is 0 Å². The van der Waals surface area contributed by atoms with Gasteiger partial charge in [-0.05, 0) is 18.4 Å². The monoisotopic (exact) mass is 301 g/mol. The van der Waals surface area contributed by atoms with Gasteiger partial charge in [-0.3, -0.25) is 0 Å². The first-order valence-electron chi connectivity index (χ1n) is 8.15. The van der Waals surface area contributed by atoms with Crippen molar-refractivity contribution in [1.82, 2.24) is 9.97 Å². The lowest BCUT2D eigenvalue weighted by Gasteiger charge is -2.17. The van der Waals surface area contributed by atoms with E-state index in [0.29, 0.717) is 0 Å². The van der Waals surface area contributed by atoms with E-state index in [1.807, 2.05) is 18.3 Å². The van der Waals surface area contributed by atoms with Crippen molar-refractivity contribution in [3.05, 3.63) is 66.9 Å². The Balaban J connectivity index is 1.85. The number of anilines is 1. The highest BCUT2D eigenvalue weighted by molar-refractivity contribution is 5.80. The summed E-state index contributed by atoms with van der Waals surface area (Å²) in [6.07, 6.45) is 4.42. The van der Waals surface area contributed by atoms with E-state index in [4.69, 9.17) is 4.98 Å². The SMILES string of the molecule is c1ccc(-c2cnc(N3CCCC3)nc2-c2ccccc2)cc1. The normalized spacial score (nSPS) is 14.2. The van der Waals surface area contributed by atoms with Gasteiger partial charge in [0, 0.05) is 30.4 Å². The summed E-state index contributed by atoms with van der Waals surface area (Å²) in [6, 6.07) is 20.7. The third-order valence-electron chi connectivity index (χ3n) is 4.30. The quantitative estimate of drug-likeness (QED) is 0.717. The summed E-state index contributed by atoms with van der Waals surface area (Å²) >= 11 is 0. The molecule has 2 heterocycles. The van der Waals surface area contributed by atoms with Gasteiger partial charge in [0.15, 0.2) is 0 Å². The van der Waals surface area contributed by atoms with Gasteiger partial charge in [-0.15, -0.1) is 0 Å².